The quantitative estimate of drug-likeness (QED) is 0.199. The van der Waals surface area contributed by atoms with E-state index in [-0.39, 0.29) is 6.17 Å². The van der Waals surface area contributed by atoms with Crippen molar-refractivity contribution in [3.63, 3.8) is 0 Å². The minimum atomic E-state index is -0.226. The first-order chi connectivity index (χ1) is 24.8. The lowest BCUT2D eigenvalue weighted by molar-refractivity contribution is 0.673. The fourth-order valence-corrected chi connectivity index (χ4v) is 7.95. The van der Waals surface area contributed by atoms with Crippen LogP contribution < -0.4 is 5.32 Å². The van der Waals surface area contributed by atoms with Crippen LogP contribution in [0.25, 0.3) is 50.2 Å². The van der Waals surface area contributed by atoms with Crippen LogP contribution in [0.15, 0.2) is 161 Å². The average Bonchev–Trinajstić information content (AvgIpc) is 3.71. The van der Waals surface area contributed by atoms with Crippen LogP contribution in [0.4, 0.5) is 0 Å². The number of hydrogen-bond donors (Lipinski definition) is 1. The van der Waals surface area contributed by atoms with E-state index in [0.29, 0.717) is 0 Å². The van der Waals surface area contributed by atoms with Gasteiger partial charge in [0.1, 0.15) is 12.0 Å². The van der Waals surface area contributed by atoms with Crippen LogP contribution in [0.2, 0.25) is 0 Å². The van der Waals surface area contributed by atoms with Gasteiger partial charge < -0.3 is 14.5 Å². The van der Waals surface area contributed by atoms with E-state index in [1.165, 1.54) is 49.7 Å². The van der Waals surface area contributed by atoms with Gasteiger partial charge in [0.25, 0.3) is 0 Å². The number of fused-ring (bicyclic) bond motifs is 6. The number of nitrogens with one attached hydrogen (secondary N) is 1. The van der Waals surface area contributed by atoms with E-state index in [1.807, 2.05) is 6.07 Å². The summed E-state index contributed by atoms with van der Waals surface area (Å²) in [4.78, 5) is 10.3. The summed E-state index contributed by atoms with van der Waals surface area (Å²) in [5, 5.41) is 7.42. The molecule has 240 valence electrons. The smallest absolute Gasteiger partial charge is 0.159 e. The lowest BCUT2D eigenvalue weighted by Crippen LogP contribution is -2.34. The zero-order valence-electron chi connectivity index (χ0n) is 27.6. The number of nitrogens with zero attached hydrogens (tertiary/aromatic N) is 4. The first-order valence-corrected chi connectivity index (χ1v) is 17.6. The molecule has 0 radical (unpaired) electrons. The van der Waals surface area contributed by atoms with E-state index >= 15 is 0 Å². The second-order valence-corrected chi connectivity index (χ2v) is 13.3. The van der Waals surface area contributed by atoms with Crippen molar-refractivity contribution in [3.05, 3.63) is 174 Å². The van der Waals surface area contributed by atoms with Gasteiger partial charge >= 0.3 is 0 Å². The molecule has 3 aliphatic rings. The summed E-state index contributed by atoms with van der Waals surface area (Å²) in [5.41, 5.74) is 11.8. The van der Waals surface area contributed by atoms with E-state index in [4.69, 9.17) is 9.98 Å². The molecule has 5 heteroatoms. The van der Waals surface area contributed by atoms with Crippen molar-refractivity contribution in [2.75, 3.05) is 0 Å². The van der Waals surface area contributed by atoms with Gasteiger partial charge in [0.15, 0.2) is 5.84 Å². The van der Waals surface area contributed by atoms with Crippen molar-refractivity contribution in [3.8, 4) is 11.4 Å². The van der Waals surface area contributed by atoms with Crippen molar-refractivity contribution in [2.24, 2.45) is 9.98 Å². The maximum atomic E-state index is 5.16. The van der Waals surface area contributed by atoms with Crippen LogP contribution in [-0.4, -0.2) is 20.8 Å². The van der Waals surface area contributed by atoms with Crippen LogP contribution in [0.3, 0.4) is 0 Å². The molecule has 2 aliphatic carbocycles. The molecule has 5 aromatic carbocycles. The zero-order valence-corrected chi connectivity index (χ0v) is 27.6. The van der Waals surface area contributed by atoms with Gasteiger partial charge in [-0.25, -0.2) is 9.98 Å². The number of rotatable bonds is 5. The number of benzene rings is 5. The van der Waals surface area contributed by atoms with Crippen molar-refractivity contribution in [1.29, 1.82) is 0 Å². The van der Waals surface area contributed by atoms with E-state index in [0.717, 1.165) is 59.7 Å². The van der Waals surface area contributed by atoms with Crippen LogP contribution >= 0.6 is 0 Å². The maximum absolute atomic E-state index is 5.16. The Balaban J connectivity index is 1.12. The van der Waals surface area contributed by atoms with Gasteiger partial charge in [-0.2, -0.15) is 0 Å². The molecule has 7 aromatic rings. The van der Waals surface area contributed by atoms with Gasteiger partial charge in [0, 0.05) is 44.4 Å². The van der Waals surface area contributed by atoms with Gasteiger partial charge in [0.2, 0.25) is 0 Å². The largest absolute Gasteiger partial charge is 0.344 e. The summed E-state index contributed by atoms with van der Waals surface area (Å²) in [5.74, 6) is 1.60. The summed E-state index contributed by atoms with van der Waals surface area (Å²) < 4.78 is 4.83. The molecule has 0 bridgehead atoms. The molecule has 5 nitrogen and oxygen atoms in total. The standard InChI is InChI=1S/C45H35N5/c1-3-14-30(15-4-1)43-46-44(31-16-5-2-6-17-31)48-45(47-43)32-18-13-19-33(28-32)49-41-25-12-9-22-37(41)38-29-34(26-27-42(38)49)50-39-23-10-7-20-35(39)36-21-8-11-24-40(36)50/h1,3-5,7,9-20,22-29,43H,2,6,8,21H2,(H,46,47,48). The predicted molar refractivity (Wildman–Crippen MR) is 208 cm³/mol. The van der Waals surface area contributed by atoms with E-state index < -0.39 is 0 Å². The molecule has 1 atom stereocenters. The Bertz CT molecular complexity index is 2630. The number of aliphatic imine (C=N–C) groups is 2. The first kappa shape index (κ1) is 28.8. The molecule has 0 saturated carbocycles. The highest BCUT2D eigenvalue weighted by atomic mass is 15.2. The molecular formula is C45H35N5. The van der Waals surface area contributed by atoms with E-state index in [2.05, 4.69) is 160 Å². The average molecular weight is 646 g/mol. The third-order valence-electron chi connectivity index (χ3n) is 10.3. The van der Waals surface area contributed by atoms with Crippen LogP contribution in [-0.2, 0) is 6.42 Å². The highest BCUT2D eigenvalue weighted by molar-refractivity contribution is 6.14. The Hall–Kier alpha value is -6.20. The Morgan fingerprint density at radius 3 is 2.22 bits per heavy atom. The Morgan fingerprint density at radius 2 is 1.36 bits per heavy atom. The van der Waals surface area contributed by atoms with Gasteiger partial charge in [-0.1, -0.05) is 103 Å². The summed E-state index contributed by atoms with van der Waals surface area (Å²) in [7, 11) is 0. The molecule has 3 heterocycles. The highest BCUT2D eigenvalue weighted by Gasteiger charge is 2.23. The molecule has 1 aliphatic heterocycles. The van der Waals surface area contributed by atoms with Gasteiger partial charge in [-0.05, 0) is 85.4 Å². The van der Waals surface area contributed by atoms with Crippen molar-refractivity contribution in [2.45, 2.75) is 31.8 Å². The Morgan fingerprint density at radius 1 is 0.600 bits per heavy atom. The summed E-state index contributed by atoms with van der Waals surface area (Å²) in [6.45, 7) is 0. The first-order valence-electron chi connectivity index (χ1n) is 17.6. The lowest BCUT2D eigenvalue weighted by Gasteiger charge is -2.24. The summed E-state index contributed by atoms with van der Waals surface area (Å²) in [6, 6.07) is 43.6. The van der Waals surface area contributed by atoms with E-state index in [9.17, 15) is 0 Å². The minimum Gasteiger partial charge on any atom is -0.344 e. The molecule has 0 saturated heterocycles. The van der Waals surface area contributed by atoms with Crippen LogP contribution in [0.5, 0.6) is 0 Å². The molecule has 50 heavy (non-hydrogen) atoms. The van der Waals surface area contributed by atoms with Crippen molar-refractivity contribution in [1.82, 2.24) is 14.5 Å². The number of amidine groups is 2. The van der Waals surface area contributed by atoms with Gasteiger partial charge in [-0.15, -0.1) is 0 Å². The molecule has 0 amide bonds. The van der Waals surface area contributed by atoms with Crippen LogP contribution in [0.1, 0.15) is 47.8 Å². The SMILES string of the molecule is C1=CC(C2=NC(c3cccc(-n4c5ccccc5c5cc(-n6c7c(c8ccccc86)CCC=C7)ccc54)c3)=NC(c3ccccc3)N2)=CCC1. The third kappa shape index (κ3) is 4.69. The number of aryl methyl sites for hydroxylation is 1. The second kappa shape index (κ2) is 11.7. The van der Waals surface area contributed by atoms with Gasteiger partial charge in [0.05, 0.1) is 16.6 Å². The predicted octanol–water partition coefficient (Wildman–Crippen LogP) is 10.4. The number of hydrogen-bond acceptors (Lipinski definition) is 3. The Labute approximate surface area is 290 Å². The molecule has 0 spiro atoms. The molecule has 2 aromatic heterocycles. The number of para-hydroxylation sites is 2. The molecular weight excluding hydrogens is 611 g/mol. The van der Waals surface area contributed by atoms with E-state index in [1.54, 1.807) is 0 Å². The zero-order chi connectivity index (χ0) is 33.0. The highest BCUT2D eigenvalue weighted by Crippen LogP contribution is 2.38. The minimum absolute atomic E-state index is 0.226. The summed E-state index contributed by atoms with van der Waals surface area (Å²) in [6.07, 6.45) is 15.3. The maximum Gasteiger partial charge on any atom is 0.159 e. The molecule has 1 N–H and O–H groups in total. The number of aromatic nitrogens is 2. The lowest BCUT2D eigenvalue weighted by atomic mass is 10.0. The van der Waals surface area contributed by atoms with Crippen molar-refractivity contribution >= 4 is 50.5 Å². The fourth-order valence-electron chi connectivity index (χ4n) is 7.95. The van der Waals surface area contributed by atoms with Crippen molar-refractivity contribution < 1.29 is 0 Å². The second-order valence-electron chi connectivity index (χ2n) is 13.3. The van der Waals surface area contributed by atoms with Crippen LogP contribution in [0, 0.1) is 0 Å². The normalized spacial score (nSPS) is 17.0. The number of allylic oxidation sites excluding steroid dienone is 3. The Kier molecular flexibility index (Phi) is 6.76. The van der Waals surface area contributed by atoms with Gasteiger partial charge in [-0.3, -0.25) is 0 Å². The third-order valence-corrected chi connectivity index (χ3v) is 10.3. The molecule has 10 rings (SSSR count). The molecule has 0 fully saturated rings. The topological polar surface area (TPSA) is 46.6 Å². The fraction of sp³-hybridized carbons (Fsp3) is 0.111. The summed E-state index contributed by atoms with van der Waals surface area (Å²) >= 11 is 0. The monoisotopic (exact) mass is 645 g/mol. The molecule has 1 unspecified atom stereocenters.